The van der Waals surface area contributed by atoms with Gasteiger partial charge in [0.05, 0.1) is 12.7 Å². The van der Waals surface area contributed by atoms with Crippen LogP contribution in [0.5, 0.6) is 5.75 Å². The highest BCUT2D eigenvalue weighted by molar-refractivity contribution is 5.64. The molecule has 1 aromatic carbocycles. The molecule has 0 atom stereocenters. The fourth-order valence-corrected chi connectivity index (χ4v) is 1.91. The Morgan fingerprint density at radius 2 is 2.12 bits per heavy atom. The van der Waals surface area contributed by atoms with Crippen LogP contribution in [0.2, 0.25) is 0 Å². The summed E-state index contributed by atoms with van der Waals surface area (Å²) in [7, 11) is 1.68. The second-order valence-electron chi connectivity index (χ2n) is 4.16. The molecule has 1 heterocycles. The monoisotopic (exact) mass is 214 g/mol. The van der Waals surface area contributed by atoms with Crippen molar-refractivity contribution >= 4 is 0 Å². The molecule has 1 fully saturated rings. The van der Waals surface area contributed by atoms with E-state index in [1.165, 1.54) is 18.5 Å². The average molecular weight is 214 g/mol. The first-order valence-corrected chi connectivity index (χ1v) is 5.57. The van der Waals surface area contributed by atoms with E-state index in [0.29, 0.717) is 5.92 Å². The Bertz CT molecular complexity index is 500. The molecule has 0 bridgehead atoms. The zero-order chi connectivity index (χ0) is 11.0. The molecule has 0 amide bonds. The van der Waals surface area contributed by atoms with Crippen molar-refractivity contribution in [1.29, 1.82) is 0 Å². The molecule has 1 saturated carbocycles. The molecule has 3 heteroatoms. The van der Waals surface area contributed by atoms with E-state index in [9.17, 15) is 0 Å². The molecule has 0 unspecified atom stereocenters. The number of aromatic amines is 1. The van der Waals surface area contributed by atoms with Gasteiger partial charge in [-0.3, -0.25) is 0 Å². The largest absolute Gasteiger partial charge is 0.496 e. The molecule has 0 radical (unpaired) electrons. The molecule has 0 saturated heterocycles. The van der Waals surface area contributed by atoms with Gasteiger partial charge in [-0.25, -0.2) is 4.98 Å². The van der Waals surface area contributed by atoms with E-state index in [0.717, 1.165) is 17.1 Å². The summed E-state index contributed by atoms with van der Waals surface area (Å²) >= 11 is 0. The fourth-order valence-electron chi connectivity index (χ4n) is 1.91. The van der Waals surface area contributed by atoms with Crippen molar-refractivity contribution in [3.05, 3.63) is 36.2 Å². The summed E-state index contributed by atoms with van der Waals surface area (Å²) in [6.07, 6.45) is 4.51. The van der Waals surface area contributed by atoms with Crippen molar-refractivity contribution in [2.45, 2.75) is 18.8 Å². The van der Waals surface area contributed by atoms with Crippen LogP contribution in [0.4, 0.5) is 0 Å². The van der Waals surface area contributed by atoms with Crippen molar-refractivity contribution in [2.24, 2.45) is 0 Å². The van der Waals surface area contributed by atoms with Crippen molar-refractivity contribution in [3.8, 4) is 17.1 Å². The van der Waals surface area contributed by atoms with E-state index in [-0.39, 0.29) is 0 Å². The molecule has 3 rings (SSSR count). The SMILES string of the molecule is COc1ccccc1-c1ncc(C2CC2)[nH]1. The Morgan fingerprint density at radius 3 is 2.88 bits per heavy atom. The van der Waals surface area contributed by atoms with E-state index in [2.05, 4.69) is 9.97 Å². The predicted molar refractivity (Wildman–Crippen MR) is 62.6 cm³/mol. The van der Waals surface area contributed by atoms with Gasteiger partial charge in [0.2, 0.25) is 0 Å². The smallest absolute Gasteiger partial charge is 0.141 e. The van der Waals surface area contributed by atoms with Gasteiger partial charge in [0, 0.05) is 17.8 Å². The summed E-state index contributed by atoms with van der Waals surface area (Å²) in [6, 6.07) is 7.94. The van der Waals surface area contributed by atoms with Gasteiger partial charge in [0.15, 0.2) is 0 Å². The van der Waals surface area contributed by atoms with Gasteiger partial charge >= 0.3 is 0 Å². The third-order valence-corrected chi connectivity index (χ3v) is 2.97. The summed E-state index contributed by atoms with van der Waals surface area (Å²) in [5.74, 6) is 2.47. The molecule has 0 aliphatic heterocycles. The van der Waals surface area contributed by atoms with Crippen LogP contribution in [0, 0.1) is 0 Å². The van der Waals surface area contributed by atoms with Gasteiger partial charge in [0.25, 0.3) is 0 Å². The van der Waals surface area contributed by atoms with Gasteiger partial charge in [-0.15, -0.1) is 0 Å². The second kappa shape index (κ2) is 3.67. The molecule has 1 aliphatic rings. The topological polar surface area (TPSA) is 37.9 Å². The van der Waals surface area contributed by atoms with Crippen LogP contribution < -0.4 is 4.74 Å². The van der Waals surface area contributed by atoms with Crippen LogP contribution >= 0.6 is 0 Å². The number of ether oxygens (including phenoxy) is 1. The Balaban J connectivity index is 2.00. The summed E-state index contributed by atoms with van der Waals surface area (Å²) in [5, 5.41) is 0. The van der Waals surface area contributed by atoms with Gasteiger partial charge < -0.3 is 9.72 Å². The number of nitrogens with zero attached hydrogens (tertiary/aromatic N) is 1. The first-order valence-electron chi connectivity index (χ1n) is 5.57. The molecule has 1 aromatic heterocycles. The van der Waals surface area contributed by atoms with Crippen molar-refractivity contribution in [3.63, 3.8) is 0 Å². The Morgan fingerprint density at radius 1 is 1.31 bits per heavy atom. The standard InChI is InChI=1S/C13H14N2O/c1-16-12-5-3-2-4-10(12)13-14-8-11(15-13)9-6-7-9/h2-5,8-9H,6-7H2,1H3,(H,14,15). The molecule has 2 aromatic rings. The number of aromatic nitrogens is 2. The van der Waals surface area contributed by atoms with E-state index < -0.39 is 0 Å². The number of hydrogen-bond acceptors (Lipinski definition) is 2. The van der Waals surface area contributed by atoms with E-state index in [4.69, 9.17) is 4.74 Å². The quantitative estimate of drug-likeness (QED) is 0.853. The van der Waals surface area contributed by atoms with Crippen LogP contribution in [0.25, 0.3) is 11.4 Å². The number of para-hydroxylation sites is 1. The van der Waals surface area contributed by atoms with Gasteiger partial charge in [-0.2, -0.15) is 0 Å². The number of methoxy groups -OCH3 is 1. The maximum absolute atomic E-state index is 5.33. The molecule has 82 valence electrons. The lowest BCUT2D eigenvalue weighted by molar-refractivity contribution is 0.416. The van der Waals surface area contributed by atoms with Crippen LogP contribution in [-0.4, -0.2) is 17.1 Å². The first-order chi connectivity index (χ1) is 7.88. The number of rotatable bonds is 3. The zero-order valence-corrected chi connectivity index (χ0v) is 9.23. The molecule has 3 nitrogen and oxygen atoms in total. The number of hydrogen-bond donors (Lipinski definition) is 1. The zero-order valence-electron chi connectivity index (χ0n) is 9.23. The van der Waals surface area contributed by atoms with Crippen molar-refractivity contribution in [2.75, 3.05) is 7.11 Å². The van der Waals surface area contributed by atoms with Crippen molar-refractivity contribution in [1.82, 2.24) is 9.97 Å². The van der Waals surface area contributed by atoms with Gasteiger partial charge in [-0.05, 0) is 25.0 Å². The lowest BCUT2D eigenvalue weighted by Crippen LogP contribution is -1.88. The van der Waals surface area contributed by atoms with Crippen molar-refractivity contribution < 1.29 is 4.74 Å². The Kier molecular flexibility index (Phi) is 2.17. The molecule has 16 heavy (non-hydrogen) atoms. The minimum Gasteiger partial charge on any atom is -0.496 e. The van der Waals surface area contributed by atoms with Crippen LogP contribution in [-0.2, 0) is 0 Å². The molecular formula is C13H14N2O. The highest BCUT2D eigenvalue weighted by Crippen LogP contribution is 2.40. The lowest BCUT2D eigenvalue weighted by atomic mass is 10.2. The minimum atomic E-state index is 0.705. The molecular weight excluding hydrogens is 200 g/mol. The predicted octanol–water partition coefficient (Wildman–Crippen LogP) is 2.96. The summed E-state index contributed by atoms with van der Waals surface area (Å²) < 4.78 is 5.33. The maximum atomic E-state index is 5.33. The van der Waals surface area contributed by atoms with Crippen LogP contribution in [0.1, 0.15) is 24.5 Å². The number of imidazole rings is 1. The molecule has 1 aliphatic carbocycles. The maximum Gasteiger partial charge on any atom is 0.141 e. The number of H-pyrrole nitrogens is 1. The average Bonchev–Trinajstić information content (AvgIpc) is 3.07. The van der Waals surface area contributed by atoms with Gasteiger partial charge in [0.1, 0.15) is 11.6 Å². The highest BCUT2D eigenvalue weighted by Gasteiger charge is 2.25. The lowest BCUT2D eigenvalue weighted by Gasteiger charge is -2.04. The summed E-state index contributed by atoms with van der Waals surface area (Å²) in [5.41, 5.74) is 2.28. The number of nitrogens with one attached hydrogen (secondary N) is 1. The van der Waals surface area contributed by atoms with E-state index in [1.807, 2.05) is 30.5 Å². The Hall–Kier alpha value is -1.77. The Labute approximate surface area is 94.5 Å². The summed E-state index contributed by atoms with van der Waals surface area (Å²) in [4.78, 5) is 7.80. The fraction of sp³-hybridized carbons (Fsp3) is 0.308. The third-order valence-electron chi connectivity index (χ3n) is 2.97. The first kappa shape index (κ1) is 9.46. The number of benzene rings is 1. The third kappa shape index (κ3) is 1.58. The second-order valence-corrected chi connectivity index (χ2v) is 4.16. The van der Waals surface area contributed by atoms with E-state index >= 15 is 0 Å². The van der Waals surface area contributed by atoms with Crippen LogP contribution in [0.15, 0.2) is 30.5 Å². The summed E-state index contributed by atoms with van der Waals surface area (Å²) in [6.45, 7) is 0. The minimum absolute atomic E-state index is 0.705. The highest BCUT2D eigenvalue weighted by atomic mass is 16.5. The normalized spacial score (nSPS) is 15.1. The van der Waals surface area contributed by atoms with Gasteiger partial charge in [-0.1, -0.05) is 12.1 Å². The van der Waals surface area contributed by atoms with Crippen LogP contribution in [0.3, 0.4) is 0 Å². The molecule has 0 spiro atoms. The molecule has 1 N–H and O–H groups in total. The van der Waals surface area contributed by atoms with E-state index in [1.54, 1.807) is 7.11 Å².